The molecule has 2 amide bonds. The molecule has 0 aliphatic rings. The quantitative estimate of drug-likeness (QED) is 0.759. The third-order valence-corrected chi connectivity index (χ3v) is 2.80. The molecule has 0 unspecified atom stereocenters. The molecule has 0 aromatic carbocycles. The van der Waals surface area contributed by atoms with Gasteiger partial charge in [-0.1, -0.05) is 24.9 Å². The predicted molar refractivity (Wildman–Crippen MR) is 86.7 cm³/mol. The fourth-order valence-electron chi connectivity index (χ4n) is 1.48. The maximum Gasteiger partial charge on any atom is 0.425 e. The van der Waals surface area contributed by atoms with E-state index in [1.54, 1.807) is 26.8 Å². The molecule has 1 aromatic rings. The average Bonchev–Trinajstić information content (AvgIpc) is 2.46. The van der Waals surface area contributed by atoms with Gasteiger partial charge in [-0.2, -0.15) is 10.2 Å². The van der Waals surface area contributed by atoms with E-state index in [-0.39, 0.29) is 23.3 Å². The minimum absolute atomic E-state index is 0.121. The zero-order valence-corrected chi connectivity index (χ0v) is 14.8. The predicted octanol–water partition coefficient (Wildman–Crippen LogP) is 3.68. The van der Waals surface area contributed by atoms with Gasteiger partial charge in [-0.15, -0.1) is 0 Å². The zero-order chi connectivity index (χ0) is 18.3. The van der Waals surface area contributed by atoms with Crippen LogP contribution in [0.15, 0.2) is 6.20 Å². The lowest BCUT2D eigenvalue weighted by Crippen LogP contribution is -2.42. The van der Waals surface area contributed by atoms with Crippen molar-refractivity contribution in [1.82, 2.24) is 9.97 Å². The molecule has 130 valence electrons. The van der Waals surface area contributed by atoms with E-state index >= 15 is 0 Å². The number of aromatic nitrogens is 2. The third kappa shape index (κ3) is 5.66. The van der Waals surface area contributed by atoms with Crippen LogP contribution in [-0.2, 0) is 9.47 Å². The second-order valence-electron chi connectivity index (χ2n) is 5.76. The van der Waals surface area contributed by atoms with Crippen molar-refractivity contribution in [3.8, 4) is 6.07 Å². The van der Waals surface area contributed by atoms with Crippen LogP contribution in [-0.4, -0.2) is 34.4 Å². The Bertz CT molecular complexity index is 652. The highest BCUT2D eigenvalue weighted by molar-refractivity contribution is 6.30. The Morgan fingerprint density at radius 1 is 1.38 bits per heavy atom. The Morgan fingerprint density at radius 3 is 2.54 bits per heavy atom. The number of amides is 2. The lowest BCUT2D eigenvalue weighted by molar-refractivity contribution is 0.0566. The Labute approximate surface area is 145 Å². The van der Waals surface area contributed by atoms with Crippen molar-refractivity contribution in [1.29, 1.82) is 5.26 Å². The largest absolute Gasteiger partial charge is 0.449 e. The molecule has 0 fully saturated rings. The summed E-state index contributed by atoms with van der Waals surface area (Å²) in [6.07, 6.45) is 0.623. The molecule has 0 N–H and O–H groups in total. The first-order chi connectivity index (χ1) is 11.2. The number of imide groups is 1. The van der Waals surface area contributed by atoms with Crippen LogP contribution in [0.4, 0.5) is 15.4 Å². The van der Waals surface area contributed by atoms with Gasteiger partial charge in [-0.25, -0.2) is 19.6 Å². The van der Waals surface area contributed by atoms with Gasteiger partial charge >= 0.3 is 12.2 Å². The van der Waals surface area contributed by atoms with Gasteiger partial charge in [0.05, 0.1) is 12.8 Å². The van der Waals surface area contributed by atoms with Gasteiger partial charge < -0.3 is 9.47 Å². The van der Waals surface area contributed by atoms with Crippen LogP contribution < -0.4 is 4.90 Å². The highest BCUT2D eigenvalue weighted by atomic mass is 35.5. The van der Waals surface area contributed by atoms with Crippen molar-refractivity contribution in [2.45, 2.75) is 46.1 Å². The van der Waals surface area contributed by atoms with Gasteiger partial charge in [-0.05, 0) is 27.2 Å². The van der Waals surface area contributed by atoms with E-state index in [1.165, 1.54) is 0 Å². The lowest BCUT2D eigenvalue weighted by atomic mass is 10.2. The maximum absolute atomic E-state index is 12.3. The van der Waals surface area contributed by atoms with Crippen molar-refractivity contribution in [2.24, 2.45) is 0 Å². The summed E-state index contributed by atoms with van der Waals surface area (Å²) in [5.41, 5.74) is -0.952. The normalized spacial score (nSPS) is 10.7. The van der Waals surface area contributed by atoms with E-state index in [4.69, 9.17) is 26.3 Å². The van der Waals surface area contributed by atoms with Crippen LogP contribution >= 0.6 is 11.6 Å². The summed E-state index contributed by atoms with van der Waals surface area (Å²) >= 11 is 5.82. The number of carbonyl (C=O) groups excluding carboxylic acids is 2. The molecule has 0 bridgehead atoms. The van der Waals surface area contributed by atoms with Gasteiger partial charge in [0.25, 0.3) is 0 Å². The van der Waals surface area contributed by atoms with E-state index in [0.29, 0.717) is 11.3 Å². The summed E-state index contributed by atoms with van der Waals surface area (Å²) in [6.45, 7) is 7.05. The van der Waals surface area contributed by atoms with Crippen LogP contribution in [0.2, 0.25) is 5.15 Å². The standard InChI is InChI=1S/C15H19ClN4O4/c1-5-6-7-23-13(21)20(14(22)24-15(2,3)4)11-9-18-10(8-17)12(16)19-11/h9H,5-7H2,1-4H3. The van der Waals surface area contributed by atoms with Gasteiger partial charge in [-0.3, -0.25) is 0 Å². The van der Waals surface area contributed by atoms with Gasteiger partial charge in [0.15, 0.2) is 16.7 Å². The summed E-state index contributed by atoms with van der Waals surface area (Å²) in [6, 6.07) is 1.74. The molecule has 0 spiro atoms. The third-order valence-electron chi connectivity index (χ3n) is 2.53. The summed E-state index contributed by atoms with van der Waals surface area (Å²) in [7, 11) is 0. The van der Waals surface area contributed by atoms with Crippen LogP contribution in [0.1, 0.15) is 46.2 Å². The number of anilines is 1. The molecule has 1 heterocycles. The van der Waals surface area contributed by atoms with Gasteiger partial charge in [0, 0.05) is 0 Å². The first-order valence-corrected chi connectivity index (χ1v) is 7.70. The monoisotopic (exact) mass is 354 g/mol. The minimum atomic E-state index is -0.973. The number of halogens is 1. The van der Waals surface area contributed by atoms with Gasteiger partial charge in [0.2, 0.25) is 0 Å². The molecule has 1 aromatic heterocycles. The molecule has 0 saturated carbocycles. The number of carbonyl (C=O) groups is 2. The number of ether oxygens (including phenoxy) is 2. The van der Waals surface area contributed by atoms with Crippen LogP contribution in [0.5, 0.6) is 0 Å². The maximum atomic E-state index is 12.3. The summed E-state index contributed by atoms with van der Waals surface area (Å²) in [5.74, 6) is -0.185. The number of unbranched alkanes of at least 4 members (excludes halogenated alkanes) is 1. The smallest absolute Gasteiger partial charge is 0.425 e. The van der Waals surface area contributed by atoms with Crippen molar-refractivity contribution in [3.05, 3.63) is 17.0 Å². The summed E-state index contributed by atoms with van der Waals surface area (Å²) in [5, 5.41) is 8.60. The van der Waals surface area contributed by atoms with Crippen molar-refractivity contribution >= 4 is 29.6 Å². The van der Waals surface area contributed by atoms with Crippen LogP contribution in [0.25, 0.3) is 0 Å². The van der Waals surface area contributed by atoms with E-state index in [0.717, 1.165) is 12.6 Å². The molecule has 0 aliphatic carbocycles. The SMILES string of the molecule is CCCCOC(=O)N(C(=O)OC(C)(C)C)c1cnc(C#N)c(Cl)n1. The summed E-state index contributed by atoms with van der Waals surface area (Å²) < 4.78 is 10.2. The van der Waals surface area contributed by atoms with E-state index < -0.39 is 17.8 Å². The van der Waals surface area contributed by atoms with Crippen LogP contribution in [0.3, 0.4) is 0 Å². The Kier molecular flexibility index (Phi) is 6.92. The first kappa shape index (κ1) is 19.6. The molecule has 0 aliphatic heterocycles. The van der Waals surface area contributed by atoms with Crippen LogP contribution in [0, 0.1) is 11.3 Å². The molecule has 8 nitrogen and oxygen atoms in total. The second kappa shape index (κ2) is 8.45. The Balaban J connectivity index is 3.13. The van der Waals surface area contributed by atoms with Crippen molar-refractivity contribution < 1.29 is 19.1 Å². The molecular formula is C15H19ClN4O4. The molecule has 0 radical (unpaired) electrons. The minimum Gasteiger partial charge on any atom is -0.449 e. The summed E-state index contributed by atoms with van der Waals surface area (Å²) in [4.78, 5) is 32.8. The Hall–Kier alpha value is -2.40. The van der Waals surface area contributed by atoms with Crippen molar-refractivity contribution in [2.75, 3.05) is 11.5 Å². The molecule has 0 saturated heterocycles. The Morgan fingerprint density at radius 2 is 2.04 bits per heavy atom. The van der Waals surface area contributed by atoms with E-state index in [2.05, 4.69) is 9.97 Å². The zero-order valence-electron chi connectivity index (χ0n) is 14.0. The molecule has 9 heteroatoms. The molecule has 0 atom stereocenters. The highest BCUT2D eigenvalue weighted by Gasteiger charge is 2.32. The fraction of sp³-hybridized carbons (Fsp3) is 0.533. The fourth-order valence-corrected chi connectivity index (χ4v) is 1.66. The van der Waals surface area contributed by atoms with Gasteiger partial charge in [0.1, 0.15) is 11.7 Å². The molecule has 24 heavy (non-hydrogen) atoms. The lowest BCUT2D eigenvalue weighted by Gasteiger charge is -2.25. The number of hydrogen-bond acceptors (Lipinski definition) is 7. The van der Waals surface area contributed by atoms with E-state index in [9.17, 15) is 9.59 Å². The average molecular weight is 355 g/mol. The van der Waals surface area contributed by atoms with E-state index in [1.807, 2.05) is 6.92 Å². The van der Waals surface area contributed by atoms with Crippen molar-refractivity contribution in [3.63, 3.8) is 0 Å². The number of hydrogen-bond donors (Lipinski definition) is 0. The number of nitrogens with zero attached hydrogens (tertiary/aromatic N) is 4. The second-order valence-corrected chi connectivity index (χ2v) is 6.12. The molecular weight excluding hydrogens is 336 g/mol. The topological polar surface area (TPSA) is 105 Å². The highest BCUT2D eigenvalue weighted by Crippen LogP contribution is 2.20. The molecule has 1 rings (SSSR count). The first-order valence-electron chi connectivity index (χ1n) is 7.32. The number of nitriles is 1. The number of rotatable bonds is 4.